The van der Waals surface area contributed by atoms with E-state index in [0.717, 1.165) is 47.8 Å². The van der Waals surface area contributed by atoms with Crippen molar-refractivity contribution < 1.29 is 17.6 Å². The molecule has 170 valence electrons. The zero-order chi connectivity index (χ0) is 22.6. The third kappa shape index (κ3) is 5.35. The summed E-state index contributed by atoms with van der Waals surface area (Å²) in [6.07, 6.45) is 1.62. The van der Waals surface area contributed by atoms with Gasteiger partial charge in [0.1, 0.15) is 11.5 Å². The van der Waals surface area contributed by atoms with Crippen LogP contribution in [0.25, 0.3) is 0 Å². The molecule has 7 nitrogen and oxygen atoms in total. The summed E-state index contributed by atoms with van der Waals surface area (Å²) in [7, 11) is -1.96. The quantitative estimate of drug-likeness (QED) is 0.486. The second-order valence-electron chi connectivity index (χ2n) is 7.56. The van der Waals surface area contributed by atoms with Crippen LogP contribution in [0.1, 0.15) is 11.8 Å². The molecule has 1 aromatic heterocycles. The Bertz CT molecular complexity index is 1100. The molecule has 0 radical (unpaired) electrons. The zero-order valence-electron chi connectivity index (χ0n) is 17.8. The van der Waals surface area contributed by atoms with Crippen LogP contribution in [-0.2, 0) is 10.0 Å². The molecule has 0 amide bonds. The Morgan fingerprint density at radius 1 is 1.03 bits per heavy atom. The maximum Gasteiger partial charge on any atom is 0.240 e. The lowest BCUT2D eigenvalue weighted by Gasteiger charge is -2.39. The van der Waals surface area contributed by atoms with Crippen molar-refractivity contribution in [1.29, 1.82) is 0 Å². The van der Waals surface area contributed by atoms with Crippen molar-refractivity contribution in [2.45, 2.75) is 10.9 Å². The summed E-state index contributed by atoms with van der Waals surface area (Å²) < 4.78 is 40.1. The largest absolute Gasteiger partial charge is 0.497 e. The first kappa shape index (κ1) is 22.8. The van der Waals surface area contributed by atoms with Gasteiger partial charge in [-0.3, -0.25) is 4.90 Å². The van der Waals surface area contributed by atoms with E-state index in [9.17, 15) is 8.42 Å². The minimum absolute atomic E-state index is 0.187. The van der Waals surface area contributed by atoms with E-state index in [1.807, 2.05) is 24.3 Å². The number of sulfonamides is 1. The molecule has 0 aliphatic carbocycles. The van der Waals surface area contributed by atoms with Gasteiger partial charge in [0.25, 0.3) is 0 Å². The van der Waals surface area contributed by atoms with Crippen molar-refractivity contribution in [3.63, 3.8) is 0 Å². The van der Waals surface area contributed by atoms with Crippen LogP contribution in [-0.4, -0.2) is 53.2 Å². The number of hydrogen-bond acceptors (Lipinski definition) is 6. The van der Waals surface area contributed by atoms with E-state index in [1.165, 1.54) is 0 Å². The minimum atomic E-state index is -3.62. The Hall–Kier alpha value is -2.33. The average molecular weight is 520 g/mol. The lowest BCUT2D eigenvalue weighted by molar-refractivity contribution is 0.166. The van der Waals surface area contributed by atoms with E-state index >= 15 is 0 Å². The predicted octanol–water partition coefficient (Wildman–Crippen LogP) is 3.89. The van der Waals surface area contributed by atoms with Gasteiger partial charge in [-0.15, -0.1) is 0 Å². The van der Waals surface area contributed by atoms with Crippen LogP contribution in [0.4, 0.5) is 5.69 Å². The molecule has 1 saturated heterocycles. The third-order valence-corrected chi connectivity index (χ3v) is 7.62. The van der Waals surface area contributed by atoms with Crippen LogP contribution in [0.5, 0.6) is 5.75 Å². The fourth-order valence-electron chi connectivity index (χ4n) is 3.86. The molecule has 4 rings (SSSR count). The van der Waals surface area contributed by atoms with Gasteiger partial charge in [0.15, 0.2) is 0 Å². The highest BCUT2D eigenvalue weighted by molar-refractivity contribution is 9.10. The number of furan rings is 1. The number of ether oxygens (including phenoxy) is 1. The lowest BCUT2D eigenvalue weighted by atomic mass is 10.1. The lowest BCUT2D eigenvalue weighted by Crippen LogP contribution is -2.49. The molecule has 1 aliphatic heterocycles. The van der Waals surface area contributed by atoms with Gasteiger partial charge in [-0.25, -0.2) is 13.1 Å². The van der Waals surface area contributed by atoms with Gasteiger partial charge >= 0.3 is 0 Å². The molecule has 1 N–H and O–H groups in total. The van der Waals surface area contributed by atoms with Crippen LogP contribution in [0.3, 0.4) is 0 Å². The molecular weight excluding hydrogens is 494 g/mol. The minimum Gasteiger partial charge on any atom is -0.497 e. The van der Waals surface area contributed by atoms with E-state index in [-0.39, 0.29) is 17.5 Å². The van der Waals surface area contributed by atoms with Gasteiger partial charge in [-0.1, -0.05) is 15.9 Å². The van der Waals surface area contributed by atoms with Crippen molar-refractivity contribution >= 4 is 31.6 Å². The Balaban J connectivity index is 1.43. The second kappa shape index (κ2) is 10.1. The first-order chi connectivity index (χ1) is 15.5. The van der Waals surface area contributed by atoms with Crippen molar-refractivity contribution in [2.24, 2.45) is 0 Å². The average Bonchev–Trinajstić information content (AvgIpc) is 3.35. The molecule has 0 spiro atoms. The molecule has 1 atom stereocenters. The summed E-state index contributed by atoms with van der Waals surface area (Å²) in [5.41, 5.74) is 1.15. The Kier molecular flexibility index (Phi) is 7.20. The van der Waals surface area contributed by atoms with Gasteiger partial charge in [0.05, 0.1) is 24.3 Å². The Morgan fingerprint density at radius 2 is 1.72 bits per heavy atom. The molecule has 0 bridgehead atoms. The maximum absolute atomic E-state index is 12.8. The molecule has 32 heavy (non-hydrogen) atoms. The summed E-state index contributed by atoms with van der Waals surface area (Å²) >= 11 is 3.34. The van der Waals surface area contributed by atoms with E-state index in [0.29, 0.717) is 0 Å². The Labute approximate surface area is 197 Å². The van der Waals surface area contributed by atoms with Gasteiger partial charge in [-0.2, -0.15) is 0 Å². The van der Waals surface area contributed by atoms with Crippen molar-refractivity contribution in [2.75, 3.05) is 44.7 Å². The molecule has 1 aliphatic rings. The standard InChI is InChI=1S/C23H26BrN3O4S/c1-30-20-8-6-19(7-9-20)26-12-14-27(15-13-26)22(23-3-2-16-31-23)17-25-32(28,29)21-10-4-18(24)5-11-21/h2-11,16,22,25H,12-15,17H2,1H3/t22-/m0/s1. The number of benzene rings is 2. The molecular formula is C23H26BrN3O4S. The van der Waals surface area contributed by atoms with E-state index in [2.05, 4.69) is 42.6 Å². The number of halogens is 1. The van der Waals surface area contributed by atoms with Gasteiger partial charge in [0, 0.05) is 42.9 Å². The number of rotatable bonds is 8. The summed E-state index contributed by atoms with van der Waals surface area (Å²) in [5, 5.41) is 0. The predicted molar refractivity (Wildman–Crippen MR) is 128 cm³/mol. The highest BCUT2D eigenvalue weighted by atomic mass is 79.9. The van der Waals surface area contributed by atoms with Crippen LogP contribution in [0.2, 0.25) is 0 Å². The summed E-state index contributed by atoms with van der Waals surface area (Å²) in [4.78, 5) is 4.83. The van der Waals surface area contributed by atoms with Crippen molar-refractivity contribution in [1.82, 2.24) is 9.62 Å². The number of hydrogen-bond donors (Lipinski definition) is 1. The highest BCUT2D eigenvalue weighted by Gasteiger charge is 2.28. The van der Waals surface area contributed by atoms with Gasteiger partial charge in [-0.05, 0) is 60.7 Å². The number of nitrogens with one attached hydrogen (secondary N) is 1. The van der Waals surface area contributed by atoms with Crippen molar-refractivity contribution in [3.05, 3.63) is 77.2 Å². The molecule has 1 fully saturated rings. The molecule has 3 aromatic rings. The van der Waals surface area contributed by atoms with Crippen molar-refractivity contribution in [3.8, 4) is 5.75 Å². The van der Waals surface area contributed by atoms with Crippen LogP contribution in [0, 0.1) is 0 Å². The van der Waals surface area contributed by atoms with Crippen LogP contribution >= 0.6 is 15.9 Å². The topological polar surface area (TPSA) is 75.0 Å². The first-order valence-corrected chi connectivity index (χ1v) is 12.7. The summed E-state index contributed by atoms with van der Waals surface area (Å²) in [6.45, 7) is 3.48. The number of nitrogens with zero attached hydrogens (tertiary/aromatic N) is 2. The SMILES string of the molecule is COc1ccc(N2CCN([C@@H](CNS(=O)(=O)c3ccc(Br)cc3)c3ccco3)CC2)cc1. The third-order valence-electron chi connectivity index (χ3n) is 5.65. The van der Waals surface area contributed by atoms with Crippen LogP contribution < -0.4 is 14.4 Å². The molecule has 2 aromatic carbocycles. The first-order valence-electron chi connectivity index (χ1n) is 10.4. The summed E-state index contributed by atoms with van der Waals surface area (Å²) in [6, 6.07) is 18.2. The van der Waals surface area contributed by atoms with E-state index in [4.69, 9.17) is 9.15 Å². The van der Waals surface area contributed by atoms with Crippen LogP contribution in [0.15, 0.2) is 80.7 Å². The second-order valence-corrected chi connectivity index (χ2v) is 10.2. The fourth-order valence-corrected chi connectivity index (χ4v) is 5.16. The summed E-state index contributed by atoms with van der Waals surface area (Å²) in [5.74, 6) is 1.59. The highest BCUT2D eigenvalue weighted by Crippen LogP contribution is 2.26. The fraction of sp³-hybridized carbons (Fsp3) is 0.304. The van der Waals surface area contributed by atoms with Gasteiger partial charge < -0.3 is 14.1 Å². The zero-order valence-corrected chi connectivity index (χ0v) is 20.2. The van der Waals surface area contributed by atoms with E-state index < -0.39 is 10.0 Å². The Morgan fingerprint density at radius 3 is 2.31 bits per heavy atom. The molecule has 9 heteroatoms. The molecule has 0 saturated carbocycles. The number of anilines is 1. The van der Waals surface area contributed by atoms with E-state index in [1.54, 1.807) is 37.6 Å². The number of piperazine rings is 1. The smallest absolute Gasteiger partial charge is 0.240 e. The normalized spacial score (nSPS) is 16.1. The maximum atomic E-state index is 12.8. The monoisotopic (exact) mass is 519 g/mol. The number of methoxy groups -OCH3 is 1. The molecule has 0 unspecified atom stereocenters. The van der Waals surface area contributed by atoms with Gasteiger partial charge in [0.2, 0.25) is 10.0 Å². The molecule has 2 heterocycles.